The molecule has 0 bridgehead atoms. The Balaban J connectivity index is 1.54. The van der Waals surface area contributed by atoms with Crippen LogP contribution >= 0.6 is 15.9 Å². The Kier molecular flexibility index (Phi) is 6.04. The lowest BCUT2D eigenvalue weighted by Crippen LogP contribution is -2.52. The van der Waals surface area contributed by atoms with Crippen LogP contribution < -0.4 is 26.6 Å². The number of ether oxygens (including phenoxy) is 1. The zero-order chi connectivity index (χ0) is 22.8. The van der Waals surface area contributed by atoms with Crippen molar-refractivity contribution in [3.63, 3.8) is 0 Å². The second-order valence-electron chi connectivity index (χ2n) is 7.32. The maximum Gasteiger partial charge on any atom is 0.295 e. The summed E-state index contributed by atoms with van der Waals surface area (Å²) in [6.45, 7) is 1.78. The fraction of sp³-hybridized carbons (Fsp3) is 0.227. The molecule has 0 unspecified atom stereocenters. The Morgan fingerprint density at radius 3 is 2.56 bits per heavy atom. The van der Waals surface area contributed by atoms with Gasteiger partial charge < -0.3 is 31.0 Å². The van der Waals surface area contributed by atoms with Crippen molar-refractivity contribution < 1.29 is 14.3 Å². The number of piperazine rings is 1. The van der Waals surface area contributed by atoms with E-state index in [1.807, 2.05) is 29.2 Å². The van der Waals surface area contributed by atoms with Crippen molar-refractivity contribution in [1.29, 1.82) is 0 Å². The van der Waals surface area contributed by atoms with Crippen LogP contribution in [0.15, 0.2) is 41.3 Å². The number of fused-ring (bicyclic) bond motifs is 1. The van der Waals surface area contributed by atoms with Crippen molar-refractivity contribution in [1.82, 2.24) is 19.8 Å². The number of nitrogens with zero attached hydrogens (tertiary/aromatic N) is 3. The zero-order valence-corrected chi connectivity index (χ0v) is 19.1. The summed E-state index contributed by atoms with van der Waals surface area (Å²) >= 11 is 3.35. The van der Waals surface area contributed by atoms with Crippen molar-refractivity contribution in [2.45, 2.75) is 0 Å². The number of rotatable bonds is 4. The Hall–Kier alpha value is -3.53. The number of amides is 1. The summed E-state index contributed by atoms with van der Waals surface area (Å²) in [7, 11) is 1.49. The lowest BCUT2D eigenvalue weighted by atomic mass is 10.1. The number of Topliss-reactive ketones (excluding diaryl/α,β-unsaturated/α-hetero) is 1. The third-order valence-electron chi connectivity index (χ3n) is 5.61. The molecule has 10 heteroatoms. The predicted octanol–water partition coefficient (Wildman–Crippen LogP) is 0.0822. The van der Waals surface area contributed by atoms with E-state index >= 15 is 0 Å². The predicted molar refractivity (Wildman–Crippen MR) is 125 cm³/mol. The highest BCUT2D eigenvalue weighted by atomic mass is 79.9. The summed E-state index contributed by atoms with van der Waals surface area (Å²) in [4.78, 5) is 36.8. The van der Waals surface area contributed by atoms with Gasteiger partial charge in [-0.15, -0.1) is 0 Å². The number of halogens is 1. The second kappa shape index (κ2) is 8.91. The monoisotopic (exact) mass is 498 g/mol. The second-order valence-corrected chi connectivity index (χ2v) is 8.07. The number of methoxy groups -OCH3 is 1. The number of hydrogen-bond donors (Lipinski definition) is 3. The fourth-order valence-corrected chi connectivity index (χ4v) is 4.29. The van der Waals surface area contributed by atoms with Gasteiger partial charge in [-0.1, -0.05) is 24.3 Å². The highest BCUT2D eigenvalue weighted by molar-refractivity contribution is 9.10. The number of carbonyl (C=O) groups is 2. The Bertz CT molecular complexity index is 1310. The normalized spacial score (nSPS) is 15.8. The lowest BCUT2D eigenvalue weighted by Gasteiger charge is -2.35. The fourth-order valence-electron chi connectivity index (χ4n) is 3.88. The average Bonchev–Trinajstić information content (AvgIpc) is 3.29. The minimum absolute atomic E-state index is 0.255. The molecule has 0 saturated carbocycles. The third-order valence-corrected chi connectivity index (χ3v) is 6.21. The van der Waals surface area contributed by atoms with E-state index in [2.05, 4.69) is 25.9 Å². The van der Waals surface area contributed by atoms with Gasteiger partial charge in [-0.2, -0.15) is 0 Å². The summed E-state index contributed by atoms with van der Waals surface area (Å²) in [5, 5.41) is 2.21. The molecule has 0 atom stereocenters. The highest BCUT2D eigenvalue weighted by Gasteiger charge is 2.30. The van der Waals surface area contributed by atoms with Gasteiger partial charge in [0.1, 0.15) is 16.2 Å². The van der Waals surface area contributed by atoms with Gasteiger partial charge in [0.15, 0.2) is 0 Å². The maximum atomic E-state index is 13.1. The van der Waals surface area contributed by atoms with Crippen molar-refractivity contribution in [2.75, 3.05) is 33.3 Å². The summed E-state index contributed by atoms with van der Waals surface area (Å²) in [6, 6.07) is 7.60. The van der Waals surface area contributed by atoms with Crippen LogP contribution in [0, 0.1) is 0 Å². The molecule has 166 valence electrons. The molecule has 1 aliphatic rings. The number of nitrogens with one attached hydrogen (secondary N) is 1. The lowest BCUT2D eigenvalue weighted by molar-refractivity contribution is -0.127. The van der Waals surface area contributed by atoms with E-state index in [1.54, 1.807) is 4.90 Å². The molecule has 32 heavy (non-hydrogen) atoms. The Morgan fingerprint density at radius 1 is 1.19 bits per heavy atom. The molecule has 5 N–H and O–H groups in total. The highest BCUT2D eigenvalue weighted by Crippen LogP contribution is 2.32. The molecular formula is C22H23BrN6O3. The van der Waals surface area contributed by atoms with E-state index in [1.165, 1.54) is 25.7 Å². The smallest absolute Gasteiger partial charge is 0.295 e. The van der Waals surface area contributed by atoms with E-state index < -0.39 is 11.7 Å². The van der Waals surface area contributed by atoms with Gasteiger partial charge >= 0.3 is 0 Å². The Morgan fingerprint density at radius 2 is 1.88 bits per heavy atom. The van der Waals surface area contributed by atoms with Crippen LogP contribution in [0.4, 0.5) is 0 Å². The number of pyridine rings is 1. The molecule has 1 fully saturated rings. The van der Waals surface area contributed by atoms with Crippen LogP contribution in [0.5, 0.6) is 5.75 Å². The maximum absolute atomic E-state index is 13.1. The van der Waals surface area contributed by atoms with Crippen LogP contribution in [0.25, 0.3) is 22.9 Å². The van der Waals surface area contributed by atoms with Gasteiger partial charge in [-0.3, -0.25) is 9.59 Å². The van der Waals surface area contributed by atoms with E-state index in [9.17, 15) is 9.59 Å². The van der Waals surface area contributed by atoms with Crippen molar-refractivity contribution in [3.8, 4) is 5.75 Å². The SMILES string of the molecule is COc1cnc(Br)c2[nH]cc(C(=O)C(=O)N3CCN(/C(N)=c4\cccc\c4=C\N)CC3)c12. The average molecular weight is 499 g/mol. The number of aromatic nitrogens is 2. The van der Waals surface area contributed by atoms with E-state index in [0.29, 0.717) is 53.3 Å². The van der Waals surface area contributed by atoms with Crippen molar-refractivity contribution in [3.05, 3.63) is 57.3 Å². The molecule has 1 saturated heterocycles. The van der Waals surface area contributed by atoms with Crippen LogP contribution in [-0.2, 0) is 4.79 Å². The standard InChI is InChI=1S/C22H23BrN6O3/c1-32-16-12-27-20(23)18-17(16)15(11-26-18)19(30)22(31)29-8-6-28(7-9-29)21(25)14-5-3-2-4-13(14)10-24/h2-5,10-12,26H,6-9,24-25H2,1H3/b13-10-,21-14+. The molecule has 0 radical (unpaired) electrons. The summed E-state index contributed by atoms with van der Waals surface area (Å²) in [5.74, 6) is -0.140. The number of nitrogens with two attached hydrogens (primary N) is 2. The minimum Gasteiger partial charge on any atom is -0.494 e. The molecule has 1 aromatic carbocycles. The number of aromatic amines is 1. The molecular weight excluding hydrogens is 476 g/mol. The largest absolute Gasteiger partial charge is 0.494 e. The molecule has 1 aliphatic heterocycles. The first-order chi connectivity index (χ1) is 15.5. The third kappa shape index (κ3) is 3.77. The molecule has 1 amide bonds. The van der Waals surface area contributed by atoms with Crippen LogP contribution in [0.1, 0.15) is 10.4 Å². The molecule has 0 spiro atoms. The number of ketones is 1. The topological polar surface area (TPSA) is 131 Å². The van der Waals surface area contributed by atoms with Crippen LogP contribution in [0.3, 0.4) is 0 Å². The zero-order valence-electron chi connectivity index (χ0n) is 17.5. The number of hydrogen-bond acceptors (Lipinski definition) is 7. The number of carbonyl (C=O) groups excluding carboxylic acids is 2. The van der Waals surface area contributed by atoms with Crippen LogP contribution in [-0.4, -0.2) is 64.7 Å². The van der Waals surface area contributed by atoms with E-state index in [0.717, 1.165) is 10.4 Å². The first-order valence-corrected chi connectivity index (χ1v) is 10.8. The van der Waals surface area contributed by atoms with Gasteiger partial charge in [0.05, 0.1) is 29.8 Å². The summed E-state index contributed by atoms with van der Waals surface area (Å²) in [5.41, 5.74) is 12.9. The number of benzene rings is 1. The van der Waals surface area contributed by atoms with Crippen molar-refractivity contribution >= 4 is 50.5 Å². The van der Waals surface area contributed by atoms with Crippen LogP contribution in [0.2, 0.25) is 0 Å². The van der Waals surface area contributed by atoms with Gasteiger partial charge in [0, 0.05) is 49.0 Å². The summed E-state index contributed by atoms with van der Waals surface area (Å²) in [6.07, 6.45) is 4.54. The molecule has 4 rings (SSSR count). The van der Waals surface area contributed by atoms with Gasteiger partial charge in [-0.25, -0.2) is 4.98 Å². The van der Waals surface area contributed by atoms with E-state index in [-0.39, 0.29) is 5.56 Å². The van der Waals surface area contributed by atoms with Crippen molar-refractivity contribution in [2.24, 2.45) is 11.5 Å². The van der Waals surface area contributed by atoms with Gasteiger partial charge in [-0.05, 0) is 15.9 Å². The van der Waals surface area contributed by atoms with E-state index in [4.69, 9.17) is 16.2 Å². The molecule has 2 aromatic heterocycles. The summed E-state index contributed by atoms with van der Waals surface area (Å²) < 4.78 is 5.88. The molecule has 3 aromatic rings. The quantitative estimate of drug-likeness (QED) is 0.263. The first kappa shape index (κ1) is 21.7. The minimum atomic E-state index is -0.596. The number of H-pyrrole nitrogens is 1. The molecule has 0 aliphatic carbocycles. The first-order valence-electron chi connectivity index (χ1n) is 10.0. The Labute approximate surface area is 192 Å². The van der Waals surface area contributed by atoms with Gasteiger partial charge in [0.25, 0.3) is 11.7 Å². The van der Waals surface area contributed by atoms with Gasteiger partial charge in [0.2, 0.25) is 0 Å². The molecule has 3 heterocycles. The molecule has 9 nitrogen and oxygen atoms in total.